The van der Waals surface area contributed by atoms with Gasteiger partial charge in [-0.15, -0.1) is 0 Å². The number of thiophene rings is 1. The molecule has 0 saturated heterocycles. The van der Waals surface area contributed by atoms with E-state index in [0.29, 0.717) is 5.56 Å². The number of alkyl halides is 3. The van der Waals surface area contributed by atoms with E-state index >= 15 is 0 Å². The Balaban J connectivity index is 1.96. The Kier molecular flexibility index (Phi) is 4.42. The summed E-state index contributed by atoms with van der Waals surface area (Å²) < 4.78 is 37.2. The van der Waals surface area contributed by atoms with E-state index in [4.69, 9.17) is 0 Å². The van der Waals surface area contributed by atoms with Gasteiger partial charge in [-0.25, -0.2) is 0 Å². The maximum Gasteiger partial charge on any atom is 0.416 e. The molecule has 3 nitrogen and oxygen atoms in total. The number of ketones is 1. The molecule has 1 aromatic heterocycles. The number of benzene rings is 1. The number of hydrogen-bond acceptors (Lipinski definition) is 3. The highest BCUT2D eigenvalue weighted by Crippen LogP contribution is 2.29. The monoisotopic (exact) mass is 313 g/mol. The molecule has 0 atom stereocenters. The van der Waals surface area contributed by atoms with Crippen LogP contribution >= 0.6 is 11.3 Å². The van der Waals surface area contributed by atoms with Crippen molar-refractivity contribution in [3.63, 3.8) is 0 Å². The first kappa shape index (κ1) is 15.2. The van der Waals surface area contributed by atoms with Crippen LogP contribution in [-0.4, -0.2) is 18.2 Å². The molecular weight excluding hydrogens is 303 g/mol. The van der Waals surface area contributed by atoms with Crippen LogP contribution in [-0.2, 0) is 6.18 Å². The smallest absolute Gasteiger partial charge is 0.345 e. The summed E-state index contributed by atoms with van der Waals surface area (Å²) in [6.45, 7) is -0.198. The van der Waals surface area contributed by atoms with Gasteiger partial charge in [-0.05, 0) is 35.7 Å². The van der Waals surface area contributed by atoms with Crippen molar-refractivity contribution in [2.45, 2.75) is 6.18 Å². The topological polar surface area (TPSA) is 46.2 Å². The first-order valence-corrected chi connectivity index (χ1v) is 6.83. The van der Waals surface area contributed by atoms with Crippen molar-refractivity contribution >= 4 is 23.0 Å². The first-order valence-electron chi connectivity index (χ1n) is 5.89. The van der Waals surface area contributed by atoms with Crippen LogP contribution in [0, 0.1) is 0 Å². The fourth-order valence-electron chi connectivity index (χ4n) is 1.60. The van der Waals surface area contributed by atoms with Gasteiger partial charge in [0.2, 0.25) is 0 Å². The highest BCUT2D eigenvalue weighted by Gasteiger charge is 2.30. The second-order valence-corrected chi connectivity index (χ2v) is 4.97. The first-order chi connectivity index (χ1) is 9.88. The van der Waals surface area contributed by atoms with Crippen molar-refractivity contribution in [3.8, 4) is 0 Å². The Morgan fingerprint density at radius 3 is 2.24 bits per heavy atom. The molecule has 0 saturated carbocycles. The molecule has 0 aliphatic rings. The quantitative estimate of drug-likeness (QED) is 0.880. The van der Waals surface area contributed by atoms with Crippen molar-refractivity contribution in [3.05, 3.63) is 57.8 Å². The molecule has 0 aliphatic carbocycles. The predicted molar refractivity (Wildman–Crippen MR) is 72.4 cm³/mol. The molecular formula is C14H10F3NO2S. The molecule has 1 N–H and O–H groups in total. The third-order valence-corrected chi connectivity index (χ3v) is 3.41. The van der Waals surface area contributed by atoms with E-state index < -0.39 is 17.6 Å². The summed E-state index contributed by atoms with van der Waals surface area (Å²) in [7, 11) is 0. The van der Waals surface area contributed by atoms with Crippen LogP contribution in [0.25, 0.3) is 0 Å². The van der Waals surface area contributed by atoms with Crippen molar-refractivity contribution in [1.82, 2.24) is 5.32 Å². The van der Waals surface area contributed by atoms with E-state index in [9.17, 15) is 22.8 Å². The molecule has 1 heterocycles. The molecule has 1 aromatic carbocycles. The number of hydrogen-bond donors (Lipinski definition) is 1. The van der Waals surface area contributed by atoms with Gasteiger partial charge in [-0.3, -0.25) is 9.59 Å². The van der Waals surface area contributed by atoms with Gasteiger partial charge >= 0.3 is 6.18 Å². The van der Waals surface area contributed by atoms with Crippen molar-refractivity contribution in [2.75, 3.05) is 6.54 Å². The molecule has 0 aliphatic heterocycles. The van der Waals surface area contributed by atoms with E-state index in [1.807, 2.05) is 0 Å². The Hall–Kier alpha value is -2.15. The average Bonchev–Trinajstić information content (AvgIpc) is 2.98. The Morgan fingerprint density at radius 1 is 1.05 bits per heavy atom. The summed E-state index contributed by atoms with van der Waals surface area (Å²) in [5.74, 6) is -0.844. The zero-order valence-electron chi connectivity index (χ0n) is 10.6. The number of halogens is 3. The Bertz CT molecular complexity index is 633. The van der Waals surface area contributed by atoms with Gasteiger partial charge in [0.05, 0.1) is 12.1 Å². The number of nitrogens with one attached hydrogen (secondary N) is 1. The van der Waals surface area contributed by atoms with Gasteiger partial charge in [0.25, 0.3) is 5.91 Å². The maximum absolute atomic E-state index is 12.4. The summed E-state index contributed by atoms with van der Waals surface area (Å²) in [6.07, 6.45) is -4.44. The number of carbonyl (C=O) groups is 2. The van der Waals surface area contributed by atoms with Crippen LogP contribution in [0.5, 0.6) is 0 Å². The third kappa shape index (κ3) is 3.91. The standard InChI is InChI=1S/C14H10F3NO2S/c15-14(16,17)11-3-1-9(2-4-11)13(20)18-7-12(19)10-5-6-21-8-10/h1-6,8H,7H2,(H,18,20). The molecule has 0 bridgehead atoms. The molecule has 0 spiro atoms. The number of amides is 1. The lowest BCUT2D eigenvalue weighted by Gasteiger charge is -2.08. The second-order valence-electron chi connectivity index (χ2n) is 4.19. The van der Waals surface area contributed by atoms with E-state index in [-0.39, 0.29) is 17.9 Å². The summed E-state index contributed by atoms with van der Waals surface area (Å²) in [5, 5.41) is 5.78. The predicted octanol–water partition coefficient (Wildman–Crippen LogP) is 3.38. The minimum atomic E-state index is -4.44. The van der Waals surface area contributed by atoms with E-state index in [0.717, 1.165) is 24.3 Å². The Morgan fingerprint density at radius 2 is 1.71 bits per heavy atom. The van der Waals surface area contributed by atoms with Gasteiger partial charge in [0.15, 0.2) is 5.78 Å². The van der Waals surface area contributed by atoms with E-state index in [1.54, 1.807) is 16.8 Å². The molecule has 2 aromatic rings. The maximum atomic E-state index is 12.4. The number of carbonyl (C=O) groups excluding carboxylic acids is 2. The SMILES string of the molecule is O=C(CNC(=O)c1ccc(C(F)(F)F)cc1)c1ccsc1. The van der Waals surface area contributed by atoms with Crippen molar-refractivity contribution in [1.29, 1.82) is 0 Å². The lowest BCUT2D eigenvalue weighted by molar-refractivity contribution is -0.137. The minimum absolute atomic E-state index is 0.0705. The van der Waals surface area contributed by atoms with Crippen molar-refractivity contribution < 1.29 is 22.8 Å². The van der Waals surface area contributed by atoms with Gasteiger partial charge in [-0.2, -0.15) is 24.5 Å². The Labute approximate surface area is 122 Å². The molecule has 1 amide bonds. The van der Waals surface area contributed by atoms with Gasteiger partial charge < -0.3 is 5.32 Å². The number of rotatable bonds is 4. The summed E-state index contributed by atoms with van der Waals surface area (Å²) in [4.78, 5) is 23.4. The highest BCUT2D eigenvalue weighted by molar-refractivity contribution is 7.08. The molecule has 2 rings (SSSR count). The highest BCUT2D eigenvalue weighted by atomic mass is 32.1. The zero-order chi connectivity index (χ0) is 15.5. The molecule has 21 heavy (non-hydrogen) atoms. The average molecular weight is 313 g/mol. The fraction of sp³-hybridized carbons (Fsp3) is 0.143. The lowest BCUT2D eigenvalue weighted by Crippen LogP contribution is -2.29. The fourth-order valence-corrected chi connectivity index (χ4v) is 2.26. The van der Waals surface area contributed by atoms with E-state index in [2.05, 4.69) is 5.32 Å². The van der Waals surface area contributed by atoms with Gasteiger partial charge in [0, 0.05) is 16.5 Å². The lowest BCUT2D eigenvalue weighted by atomic mass is 10.1. The molecule has 0 unspecified atom stereocenters. The molecule has 0 radical (unpaired) electrons. The van der Waals surface area contributed by atoms with Crippen LogP contribution in [0.1, 0.15) is 26.3 Å². The van der Waals surface area contributed by atoms with Crippen LogP contribution < -0.4 is 5.32 Å². The largest absolute Gasteiger partial charge is 0.416 e. The summed E-state index contributed by atoms with van der Waals surface area (Å²) in [6, 6.07) is 5.45. The molecule has 7 heteroatoms. The zero-order valence-corrected chi connectivity index (χ0v) is 11.4. The van der Waals surface area contributed by atoms with Gasteiger partial charge in [-0.1, -0.05) is 0 Å². The summed E-state index contributed by atoms with van der Waals surface area (Å²) in [5.41, 5.74) is -0.262. The second kappa shape index (κ2) is 6.09. The van der Waals surface area contributed by atoms with Crippen LogP contribution in [0.3, 0.4) is 0 Å². The van der Waals surface area contributed by atoms with Gasteiger partial charge in [0.1, 0.15) is 0 Å². The number of Topliss-reactive ketones (excluding diaryl/α,β-unsaturated/α-hetero) is 1. The summed E-state index contributed by atoms with van der Waals surface area (Å²) >= 11 is 1.36. The van der Waals surface area contributed by atoms with Crippen LogP contribution in [0.4, 0.5) is 13.2 Å². The van der Waals surface area contributed by atoms with E-state index in [1.165, 1.54) is 11.3 Å². The van der Waals surface area contributed by atoms with Crippen LogP contribution in [0.2, 0.25) is 0 Å². The molecule has 0 fully saturated rings. The minimum Gasteiger partial charge on any atom is -0.345 e. The normalized spacial score (nSPS) is 11.2. The van der Waals surface area contributed by atoms with Crippen molar-refractivity contribution in [2.24, 2.45) is 0 Å². The molecule has 110 valence electrons. The van der Waals surface area contributed by atoms with Crippen LogP contribution in [0.15, 0.2) is 41.1 Å². The third-order valence-electron chi connectivity index (χ3n) is 2.73.